The quantitative estimate of drug-likeness (QED) is 0.667. The molecule has 178 valence electrons. The first-order valence-corrected chi connectivity index (χ1v) is 13.1. The van der Waals surface area contributed by atoms with Crippen molar-refractivity contribution in [2.45, 2.75) is 50.0 Å². The lowest BCUT2D eigenvalue weighted by atomic mass is 9.88. The molecule has 1 N–H and O–H groups in total. The Hall–Kier alpha value is -2.42. The minimum absolute atomic E-state index is 0.0807. The Labute approximate surface area is 196 Å². The number of nitrogens with one attached hydrogen (secondary N) is 1. The van der Waals surface area contributed by atoms with Gasteiger partial charge in [0, 0.05) is 13.1 Å². The van der Waals surface area contributed by atoms with Crippen molar-refractivity contribution in [3.8, 4) is 5.75 Å². The first kappa shape index (κ1) is 23.7. The summed E-state index contributed by atoms with van der Waals surface area (Å²) in [4.78, 5) is 13.4. The van der Waals surface area contributed by atoms with Gasteiger partial charge >= 0.3 is 0 Å². The highest BCUT2D eigenvalue weighted by molar-refractivity contribution is 7.89. The van der Waals surface area contributed by atoms with Gasteiger partial charge in [0.1, 0.15) is 5.75 Å². The van der Waals surface area contributed by atoms with Crippen LogP contribution in [0.25, 0.3) is 0 Å². The molecule has 33 heavy (non-hydrogen) atoms. The highest BCUT2D eigenvalue weighted by atomic mass is 32.2. The molecule has 0 radical (unpaired) electrons. The summed E-state index contributed by atoms with van der Waals surface area (Å²) in [6.07, 6.45) is 5.33. The second-order valence-electron chi connectivity index (χ2n) is 8.55. The summed E-state index contributed by atoms with van der Waals surface area (Å²) in [5.41, 5.74) is 4.04. The first-order chi connectivity index (χ1) is 15.9. The van der Waals surface area contributed by atoms with Crippen LogP contribution in [0, 0.1) is 0 Å². The Balaban J connectivity index is 1.59. The fourth-order valence-corrected chi connectivity index (χ4v) is 6.02. The Kier molecular flexibility index (Phi) is 7.36. The third kappa shape index (κ3) is 5.08. The van der Waals surface area contributed by atoms with E-state index in [1.54, 1.807) is 6.07 Å². The number of nitrogens with zero attached hydrogens (tertiary/aromatic N) is 1. The highest BCUT2D eigenvalue weighted by Crippen LogP contribution is 2.28. The van der Waals surface area contributed by atoms with Crippen LogP contribution < -0.4 is 10.1 Å². The summed E-state index contributed by atoms with van der Waals surface area (Å²) in [5.74, 6) is -0.0100. The van der Waals surface area contributed by atoms with Gasteiger partial charge in [-0.25, -0.2) is 8.42 Å². The summed E-state index contributed by atoms with van der Waals surface area (Å²) in [6, 6.07) is 10.7. The number of hydrogen-bond donors (Lipinski definition) is 1. The van der Waals surface area contributed by atoms with Gasteiger partial charge in [0.05, 0.1) is 36.8 Å². The summed E-state index contributed by atoms with van der Waals surface area (Å²) in [7, 11) is -2.25. The highest BCUT2D eigenvalue weighted by Gasteiger charge is 2.28. The number of methoxy groups -OCH3 is 1. The molecule has 1 atom stereocenters. The largest absolute Gasteiger partial charge is 0.496 e. The van der Waals surface area contributed by atoms with Crippen LogP contribution in [0.4, 0.5) is 0 Å². The molecule has 0 aromatic heterocycles. The number of amides is 1. The fourth-order valence-electron chi connectivity index (χ4n) is 4.59. The van der Waals surface area contributed by atoms with Gasteiger partial charge in [-0.15, -0.1) is 0 Å². The second kappa shape index (κ2) is 10.2. The zero-order chi connectivity index (χ0) is 23.4. The number of rotatable bonds is 7. The van der Waals surface area contributed by atoms with Crippen LogP contribution in [0.15, 0.2) is 41.3 Å². The van der Waals surface area contributed by atoms with Gasteiger partial charge in [-0.05, 0) is 67.0 Å². The van der Waals surface area contributed by atoms with E-state index >= 15 is 0 Å². The number of ether oxygens (including phenoxy) is 2. The van der Waals surface area contributed by atoms with Crippen molar-refractivity contribution in [3.05, 3.63) is 58.7 Å². The molecule has 0 unspecified atom stereocenters. The van der Waals surface area contributed by atoms with Crippen LogP contribution >= 0.6 is 0 Å². The van der Waals surface area contributed by atoms with Crippen molar-refractivity contribution in [2.24, 2.45) is 0 Å². The lowest BCUT2D eigenvalue weighted by Gasteiger charge is -2.26. The summed E-state index contributed by atoms with van der Waals surface area (Å²) >= 11 is 0. The molecule has 0 spiro atoms. The zero-order valence-corrected chi connectivity index (χ0v) is 20.1. The predicted octanol–water partition coefficient (Wildman–Crippen LogP) is 3.48. The van der Waals surface area contributed by atoms with E-state index in [4.69, 9.17) is 9.47 Å². The molecule has 1 saturated heterocycles. The van der Waals surface area contributed by atoms with Crippen molar-refractivity contribution in [3.63, 3.8) is 0 Å². The van der Waals surface area contributed by atoms with Gasteiger partial charge in [0.2, 0.25) is 10.0 Å². The van der Waals surface area contributed by atoms with E-state index < -0.39 is 10.0 Å². The number of benzene rings is 2. The van der Waals surface area contributed by atoms with E-state index in [-0.39, 0.29) is 22.4 Å². The van der Waals surface area contributed by atoms with E-state index in [0.29, 0.717) is 32.1 Å². The molecule has 2 aliphatic rings. The smallest absolute Gasteiger partial charge is 0.255 e. The summed E-state index contributed by atoms with van der Waals surface area (Å²) < 4.78 is 38.2. The molecular weight excluding hydrogens is 440 g/mol. The van der Waals surface area contributed by atoms with E-state index in [2.05, 4.69) is 23.5 Å². The average Bonchev–Trinajstić information content (AvgIpc) is 2.86. The van der Waals surface area contributed by atoms with Crippen LogP contribution in [0.5, 0.6) is 5.75 Å². The van der Waals surface area contributed by atoms with Crippen LogP contribution in [0.2, 0.25) is 0 Å². The molecule has 2 aromatic carbocycles. The number of carbonyl (C=O) groups excluding carboxylic acids is 1. The lowest BCUT2D eigenvalue weighted by molar-refractivity contribution is 0.0730. The lowest BCUT2D eigenvalue weighted by Crippen LogP contribution is -2.40. The van der Waals surface area contributed by atoms with E-state index in [1.165, 1.54) is 47.5 Å². The molecule has 4 rings (SSSR count). The number of morpholine rings is 1. The van der Waals surface area contributed by atoms with E-state index in [0.717, 1.165) is 24.8 Å². The molecule has 1 fully saturated rings. The first-order valence-electron chi connectivity index (χ1n) is 11.6. The Morgan fingerprint density at radius 1 is 1.09 bits per heavy atom. The zero-order valence-electron chi connectivity index (χ0n) is 19.3. The maximum Gasteiger partial charge on any atom is 0.255 e. The van der Waals surface area contributed by atoms with Crippen LogP contribution in [0.3, 0.4) is 0 Å². The fraction of sp³-hybridized carbons (Fsp3) is 0.480. The Bertz CT molecular complexity index is 1110. The molecule has 8 heteroatoms. The average molecular weight is 473 g/mol. The minimum atomic E-state index is -3.72. The van der Waals surface area contributed by atoms with Crippen molar-refractivity contribution >= 4 is 15.9 Å². The molecule has 1 aliphatic carbocycles. The molecule has 1 aliphatic heterocycles. The van der Waals surface area contributed by atoms with Gasteiger partial charge < -0.3 is 14.8 Å². The number of aryl methyl sites for hydroxylation is 2. The molecule has 7 nitrogen and oxygen atoms in total. The molecule has 0 saturated carbocycles. The Morgan fingerprint density at radius 3 is 2.52 bits per heavy atom. The van der Waals surface area contributed by atoms with Gasteiger partial charge in [0.15, 0.2) is 0 Å². The van der Waals surface area contributed by atoms with Crippen molar-refractivity contribution < 1.29 is 22.7 Å². The standard InChI is InChI=1S/C25H32N2O5S/c1-3-23(20-9-8-18-6-4-5-7-19(18)16-20)26-25(28)22-17-21(10-11-24(22)31-2)33(29,30)27-12-14-32-15-13-27/h8-11,16-17,23H,3-7,12-15H2,1-2H3,(H,26,28)/t23-/m1/s1. The van der Waals surface area contributed by atoms with Gasteiger partial charge in [-0.2, -0.15) is 4.31 Å². The van der Waals surface area contributed by atoms with Crippen LogP contribution in [0.1, 0.15) is 59.3 Å². The van der Waals surface area contributed by atoms with Gasteiger partial charge in [-0.1, -0.05) is 25.1 Å². The van der Waals surface area contributed by atoms with Gasteiger partial charge in [-0.3, -0.25) is 4.79 Å². The molecule has 0 bridgehead atoms. The van der Waals surface area contributed by atoms with E-state index in [1.807, 2.05) is 6.92 Å². The van der Waals surface area contributed by atoms with Crippen molar-refractivity contribution in [2.75, 3.05) is 33.4 Å². The molecule has 2 aromatic rings. The predicted molar refractivity (Wildman–Crippen MR) is 126 cm³/mol. The van der Waals surface area contributed by atoms with Crippen LogP contribution in [-0.4, -0.2) is 52.0 Å². The maximum atomic E-state index is 13.3. The number of hydrogen-bond acceptors (Lipinski definition) is 5. The topological polar surface area (TPSA) is 84.9 Å². The Morgan fingerprint density at radius 2 is 1.82 bits per heavy atom. The molecular formula is C25H32N2O5S. The van der Waals surface area contributed by atoms with Crippen LogP contribution in [-0.2, 0) is 27.6 Å². The molecule has 1 heterocycles. The minimum Gasteiger partial charge on any atom is -0.496 e. The number of sulfonamides is 1. The van der Waals surface area contributed by atoms with E-state index in [9.17, 15) is 13.2 Å². The number of fused-ring (bicyclic) bond motifs is 1. The third-order valence-electron chi connectivity index (χ3n) is 6.51. The summed E-state index contributed by atoms with van der Waals surface area (Å²) in [5, 5.41) is 3.09. The maximum absolute atomic E-state index is 13.3. The normalized spacial score (nSPS) is 17.8. The number of carbonyl (C=O) groups is 1. The second-order valence-corrected chi connectivity index (χ2v) is 10.5. The monoisotopic (exact) mass is 472 g/mol. The van der Waals surface area contributed by atoms with Gasteiger partial charge in [0.25, 0.3) is 5.91 Å². The van der Waals surface area contributed by atoms with Crippen molar-refractivity contribution in [1.82, 2.24) is 9.62 Å². The SMILES string of the molecule is CC[C@@H](NC(=O)c1cc(S(=O)(=O)N2CCOCC2)ccc1OC)c1ccc2c(c1)CCCC2. The summed E-state index contributed by atoms with van der Waals surface area (Å²) in [6.45, 7) is 3.35. The van der Waals surface area contributed by atoms with Crippen molar-refractivity contribution in [1.29, 1.82) is 0 Å². The third-order valence-corrected chi connectivity index (χ3v) is 8.41. The molecule has 1 amide bonds.